The van der Waals surface area contributed by atoms with Crippen LogP contribution in [0.4, 0.5) is 24.8 Å². The molecule has 0 aliphatic carbocycles. The third-order valence-electron chi connectivity index (χ3n) is 6.61. The molecule has 0 radical (unpaired) electrons. The van der Waals surface area contributed by atoms with Gasteiger partial charge < -0.3 is 9.47 Å². The Kier molecular flexibility index (Phi) is 7.03. The van der Waals surface area contributed by atoms with Crippen molar-refractivity contribution in [3.63, 3.8) is 0 Å². The zero-order valence-electron chi connectivity index (χ0n) is 20.4. The normalized spacial score (nSPS) is 14.1. The van der Waals surface area contributed by atoms with Gasteiger partial charge in [-0.3, -0.25) is 4.90 Å². The van der Waals surface area contributed by atoms with Crippen molar-refractivity contribution in [2.45, 2.75) is 59.8 Å². The van der Waals surface area contributed by atoms with Crippen LogP contribution in [0.25, 0.3) is 0 Å². The molecule has 0 saturated carbocycles. The predicted molar refractivity (Wildman–Crippen MR) is 131 cm³/mol. The van der Waals surface area contributed by atoms with E-state index in [4.69, 9.17) is 0 Å². The van der Waals surface area contributed by atoms with E-state index in [1.165, 1.54) is 5.56 Å². The van der Waals surface area contributed by atoms with Crippen LogP contribution in [-0.4, -0.2) is 34.1 Å². The zero-order valence-corrected chi connectivity index (χ0v) is 20.4. The fraction of sp³-hybridized carbons (Fsp3) is 0.444. The summed E-state index contributed by atoms with van der Waals surface area (Å²) in [5.74, 6) is 0.405. The Morgan fingerprint density at radius 2 is 1.68 bits per heavy atom. The van der Waals surface area contributed by atoms with Gasteiger partial charge in [-0.05, 0) is 56.8 Å². The average molecular weight is 471 g/mol. The molecule has 4 nitrogen and oxygen atoms in total. The quantitative estimate of drug-likeness (QED) is 0.398. The number of halogens is 3. The third-order valence-corrected chi connectivity index (χ3v) is 6.61. The van der Waals surface area contributed by atoms with Crippen molar-refractivity contribution in [2.24, 2.45) is 0 Å². The zero-order chi connectivity index (χ0) is 24.5. The number of alkyl halides is 3. The molecule has 4 rings (SSSR count). The first kappa shape index (κ1) is 24.3. The fourth-order valence-electron chi connectivity index (χ4n) is 5.09. The van der Waals surface area contributed by atoms with E-state index in [2.05, 4.69) is 34.1 Å². The maximum atomic E-state index is 14.2. The lowest BCUT2D eigenvalue weighted by Crippen LogP contribution is -2.32. The monoisotopic (exact) mass is 470 g/mol. The van der Waals surface area contributed by atoms with Crippen LogP contribution in [0.15, 0.2) is 42.5 Å². The van der Waals surface area contributed by atoms with Crippen molar-refractivity contribution in [1.29, 1.82) is 0 Å². The number of hydrogen-bond donors (Lipinski definition) is 0. The molecule has 1 aliphatic rings. The lowest BCUT2D eigenvalue weighted by Gasteiger charge is -2.32. The van der Waals surface area contributed by atoms with Crippen molar-refractivity contribution >= 4 is 11.6 Å². The molecule has 0 N–H and O–H groups in total. The van der Waals surface area contributed by atoms with Gasteiger partial charge in [0, 0.05) is 31.9 Å². The summed E-state index contributed by atoms with van der Waals surface area (Å²) in [6.45, 7) is 10.9. The Morgan fingerprint density at radius 3 is 2.29 bits per heavy atom. The van der Waals surface area contributed by atoms with Gasteiger partial charge in [-0.15, -0.1) is 0 Å². The van der Waals surface area contributed by atoms with Gasteiger partial charge in [-0.25, -0.2) is 4.98 Å². The van der Waals surface area contributed by atoms with Crippen molar-refractivity contribution in [3.8, 4) is 0 Å². The number of aromatic nitrogens is 2. The highest BCUT2D eigenvalue weighted by Crippen LogP contribution is 2.40. The number of anilines is 2. The first-order valence-electron chi connectivity index (χ1n) is 12.0. The Bertz CT molecular complexity index is 1110. The van der Waals surface area contributed by atoms with E-state index < -0.39 is 11.9 Å². The lowest BCUT2D eigenvalue weighted by atomic mass is 10.0. The molecule has 1 aliphatic heterocycles. The SMILES string of the molecule is CCN(CCc1ccccc1)Cc1c(C(F)(F)F)nc2n1CCCN2c1c(C)cc(C)cc1C. The highest BCUT2D eigenvalue weighted by molar-refractivity contribution is 5.68. The standard InChI is InChI=1S/C27H33F3N4/c1-5-32(15-12-22-10-7-6-8-11-22)18-23-25(27(28,29)30)31-26-33(23)13-9-14-34(26)24-20(3)16-19(2)17-21(24)4/h6-8,10-11,16-17H,5,9,12-15,18H2,1-4H3. The summed E-state index contributed by atoms with van der Waals surface area (Å²) in [7, 11) is 0. The minimum Gasteiger partial charge on any atom is -0.312 e. The second-order valence-corrected chi connectivity index (χ2v) is 9.21. The molecular weight excluding hydrogens is 437 g/mol. The first-order valence-corrected chi connectivity index (χ1v) is 12.0. The van der Waals surface area contributed by atoms with Crippen LogP contribution in [0.1, 0.15) is 47.0 Å². The number of rotatable bonds is 7. The second kappa shape index (κ2) is 9.82. The number of likely N-dealkylation sites (N-methyl/N-ethyl adjacent to an activating group) is 1. The van der Waals surface area contributed by atoms with Gasteiger partial charge in [0.05, 0.1) is 5.69 Å². The fourth-order valence-corrected chi connectivity index (χ4v) is 5.09. The molecule has 0 fully saturated rings. The second-order valence-electron chi connectivity index (χ2n) is 9.21. The molecule has 1 aromatic heterocycles. The van der Waals surface area contributed by atoms with Crippen molar-refractivity contribution in [2.75, 3.05) is 24.5 Å². The predicted octanol–water partition coefficient (Wildman–Crippen LogP) is 6.43. The van der Waals surface area contributed by atoms with E-state index >= 15 is 0 Å². The molecule has 0 saturated heterocycles. The number of fused-ring (bicyclic) bond motifs is 1. The summed E-state index contributed by atoms with van der Waals surface area (Å²) in [5, 5.41) is 0. The average Bonchev–Trinajstić information content (AvgIpc) is 3.16. The molecule has 0 unspecified atom stereocenters. The van der Waals surface area contributed by atoms with Crippen molar-refractivity contribution in [3.05, 3.63) is 76.1 Å². The van der Waals surface area contributed by atoms with Crippen LogP contribution in [0.2, 0.25) is 0 Å². The van der Waals surface area contributed by atoms with E-state index in [9.17, 15) is 13.2 Å². The van der Waals surface area contributed by atoms with E-state index in [1.54, 1.807) is 4.57 Å². The van der Waals surface area contributed by atoms with E-state index in [1.807, 2.05) is 50.8 Å². The van der Waals surface area contributed by atoms with E-state index in [-0.39, 0.29) is 12.2 Å². The summed E-state index contributed by atoms with van der Waals surface area (Å²) in [5.41, 5.74) is 4.92. The minimum absolute atomic E-state index is 0.227. The summed E-state index contributed by atoms with van der Waals surface area (Å²) in [6.07, 6.45) is -2.93. The summed E-state index contributed by atoms with van der Waals surface area (Å²) in [6, 6.07) is 14.2. The first-order chi connectivity index (χ1) is 16.2. The van der Waals surface area contributed by atoms with Crippen LogP contribution >= 0.6 is 0 Å². The molecule has 0 spiro atoms. The number of hydrogen-bond acceptors (Lipinski definition) is 3. The van der Waals surface area contributed by atoms with Gasteiger partial charge >= 0.3 is 6.18 Å². The Labute approximate surface area is 200 Å². The lowest BCUT2D eigenvalue weighted by molar-refractivity contribution is -0.141. The van der Waals surface area contributed by atoms with Gasteiger partial charge in [0.2, 0.25) is 5.95 Å². The van der Waals surface area contributed by atoms with Gasteiger partial charge in [0.15, 0.2) is 5.69 Å². The molecule has 34 heavy (non-hydrogen) atoms. The van der Waals surface area contributed by atoms with Gasteiger partial charge in [-0.1, -0.05) is 55.0 Å². The van der Waals surface area contributed by atoms with Crippen LogP contribution in [0.3, 0.4) is 0 Å². The highest BCUT2D eigenvalue weighted by atomic mass is 19.4. The van der Waals surface area contributed by atoms with Gasteiger partial charge in [0.1, 0.15) is 0 Å². The van der Waals surface area contributed by atoms with Gasteiger partial charge in [0.25, 0.3) is 0 Å². The topological polar surface area (TPSA) is 24.3 Å². The van der Waals surface area contributed by atoms with Crippen LogP contribution in [0.5, 0.6) is 0 Å². The minimum atomic E-state index is -4.50. The molecule has 2 aromatic carbocycles. The molecule has 2 heterocycles. The van der Waals surface area contributed by atoms with E-state index in [0.29, 0.717) is 32.1 Å². The number of imidazole rings is 1. The molecule has 182 valence electrons. The molecular formula is C27H33F3N4. The number of nitrogens with zero attached hydrogens (tertiary/aromatic N) is 4. The molecule has 3 aromatic rings. The number of benzene rings is 2. The Balaban J connectivity index is 1.70. The molecule has 7 heteroatoms. The summed E-state index contributed by atoms with van der Waals surface area (Å²) >= 11 is 0. The van der Waals surface area contributed by atoms with Crippen LogP contribution in [0, 0.1) is 20.8 Å². The van der Waals surface area contributed by atoms with Gasteiger partial charge in [-0.2, -0.15) is 13.2 Å². The number of aryl methyl sites for hydroxylation is 3. The van der Waals surface area contributed by atoms with Crippen molar-refractivity contribution in [1.82, 2.24) is 14.5 Å². The maximum absolute atomic E-state index is 14.2. The van der Waals surface area contributed by atoms with Crippen molar-refractivity contribution < 1.29 is 13.2 Å². The Hall–Kier alpha value is -2.80. The third kappa shape index (κ3) is 4.99. The summed E-state index contributed by atoms with van der Waals surface area (Å²) < 4.78 is 44.3. The molecule has 0 amide bonds. The van der Waals surface area contributed by atoms with Crippen LogP contribution in [-0.2, 0) is 25.7 Å². The Morgan fingerprint density at radius 1 is 1.00 bits per heavy atom. The maximum Gasteiger partial charge on any atom is 0.435 e. The smallest absolute Gasteiger partial charge is 0.312 e. The van der Waals surface area contributed by atoms with Crippen LogP contribution < -0.4 is 4.90 Å². The highest BCUT2D eigenvalue weighted by Gasteiger charge is 2.41. The molecule has 0 bridgehead atoms. The van der Waals surface area contributed by atoms with E-state index in [0.717, 1.165) is 35.2 Å². The largest absolute Gasteiger partial charge is 0.435 e. The molecule has 0 atom stereocenters. The summed E-state index contributed by atoms with van der Waals surface area (Å²) in [4.78, 5) is 8.28.